The Morgan fingerprint density at radius 3 is 2.53 bits per heavy atom. The summed E-state index contributed by atoms with van der Waals surface area (Å²) in [6, 6.07) is 18.9. The van der Waals surface area contributed by atoms with E-state index in [2.05, 4.69) is 21.2 Å². The molecule has 3 aromatic carbocycles. The fraction of sp³-hybridized carbons (Fsp3) is 0.200. The second-order valence-corrected chi connectivity index (χ2v) is 8.55. The van der Waals surface area contributed by atoms with Crippen molar-refractivity contribution >= 4 is 39.1 Å². The van der Waals surface area contributed by atoms with E-state index in [1.807, 2.05) is 56.3 Å². The molecule has 3 aromatic rings. The minimum Gasteiger partial charge on any atom is -0.483 e. The van der Waals surface area contributed by atoms with E-state index in [4.69, 9.17) is 9.47 Å². The third kappa shape index (κ3) is 4.94. The number of amides is 2. The van der Waals surface area contributed by atoms with E-state index in [1.165, 1.54) is 0 Å². The van der Waals surface area contributed by atoms with E-state index in [-0.39, 0.29) is 25.0 Å². The van der Waals surface area contributed by atoms with Gasteiger partial charge >= 0.3 is 0 Å². The van der Waals surface area contributed by atoms with Crippen LogP contribution in [-0.2, 0) is 16.1 Å². The van der Waals surface area contributed by atoms with Crippen LogP contribution in [0, 0.1) is 13.8 Å². The van der Waals surface area contributed by atoms with Gasteiger partial charge in [-0.2, -0.15) is 0 Å². The molecule has 6 nitrogen and oxygen atoms in total. The van der Waals surface area contributed by atoms with Gasteiger partial charge in [0.15, 0.2) is 13.2 Å². The zero-order valence-corrected chi connectivity index (χ0v) is 19.4. The number of benzene rings is 3. The van der Waals surface area contributed by atoms with Crippen molar-refractivity contribution in [1.82, 2.24) is 0 Å². The number of carbonyl (C=O) groups excluding carboxylic acids is 2. The molecule has 164 valence electrons. The molecule has 2 amide bonds. The third-order valence-electron chi connectivity index (χ3n) is 5.20. The zero-order chi connectivity index (χ0) is 22.7. The standard InChI is InChI=1S/C25H23BrN2O4/c1-16-4-3-5-17(2)25(16)32-14-23(29)27-20-10-11-22-21(12-20)28(24(30)15-31-22)13-18-6-8-19(26)9-7-18/h3-12H,13-15H2,1-2H3,(H,27,29). The van der Waals surface area contributed by atoms with Crippen molar-refractivity contribution in [1.29, 1.82) is 0 Å². The third-order valence-corrected chi connectivity index (χ3v) is 5.72. The van der Waals surface area contributed by atoms with Crippen LogP contribution in [0.2, 0.25) is 0 Å². The smallest absolute Gasteiger partial charge is 0.265 e. The first-order chi connectivity index (χ1) is 15.4. The molecule has 1 aliphatic heterocycles. The summed E-state index contributed by atoms with van der Waals surface area (Å²) in [6.45, 7) is 4.18. The fourth-order valence-corrected chi connectivity index (χ4v) is 3.85. The van der Waals surface area contributed by atoms with Crippen LogP contribution in [0.5, 0.6) is 11.5 Å². The average Bonchev–Trinajstić information content (AvgIpc) is 2.77. The van der Waals surface area contributed by atoms with Gasteiger partial charge in [0, 0.05) is 10.2 Å². The lowest BCUT2D eigenvalue weighted by molar-refractivity contribution is -0.121. The number of rotatable bonds is 6. The van der Waals surface area contributed by atoms with Crippen molar-refractivity contribution in [3.8, 4) is 11.5 Å². The summed E-state index contributed by atoms with van der Waals surface area (Å²) in [7, 11) is 0. The Bertz CT molecular complexity index is 1140. The van der Waals surface area contributed by atoms with E-state index >= 15 is 0 Å². The maximum atomic E-state index is 12.6. The van der Waals surface area contributed by atoms with Crippen LogP contribution in [0.25, 0.3) is 0 Å². The summed E-state index contributed by atoms with van der Waals surface area (Å²) in [6.07, 6.45) is 0. The van der Waals surface area contributed by atoms with Crippen molar-refractivity contribution in [3.05, 3.63) is 81.8 Å². The van der Waals surface area contributed by atoms with Gasteiger partial charge in [-0.05, 0) is 60.9 Å². The van der Waals surface area contributed by atoms with Gasteiger partial charge < -0.3 is 19.7 Å². The van der Waals surface area contributed by atoms with Crippen LogP contribution in [0.4, 0.5) is 11.4 Å². The number of hydrogen-bond donors (Lipinski definition) is 1. The van der Waals surface area contributed by atoms with Gasteiger partial charge in [0.1, 0.15) is 11.5 Å². The number of aryl methyl sites for hydroxylation is 2. The molecule has 0 saturated heterocycles. The van der Waals surface area contributed by atoms with Crippen molar-refractivity contribution in [2.45, 2.75) is 20.4 Å². The Balaban J connectivity index is 1.48. The first-order valence-corrected chi connectivity index (χ1v) is 11.0. The number of ether oxygens (including phenoxy) is 2. The van der Waals surface area contributed by atoms with Crippen molar-refractivity contribution in [3.63, 3.8) is 0 Å². The molecule has 0 aliphatic carbocycles. The molecular formula is C25H23BrN2O4. The lowest BCUT2D eigenvalue weighted by atomic mass is 10.1. The SMILES string of the molecule is Cc1cccc(C)c1OCC(=O)Nc1ccc2c(c1)N(Cc1ccc(Br)cc1)C(=O)CO2. The Hall–Kier alpha value is -3.32. The quantitative estimate of drug-likeness (QED) is 0.522. The van der Waals surface area contributed by atoms with E-state index < -0.39 is 0 Å². The Morgan fingerprint density at radius 2 is 1.81 bits per heavy atom. The van der Waals surface area contributed by atoms with Crippen molar-refractivity contribution < 1.29 is 19.1 Å². The molecule has 0 saturated carbocycles. The molecule has 32 heavy (non-hydrogen) atoms. The molecule has 0 aromatic heterocycles. The van der Waals surface area contributed by atoms with Gasteiger partial charge in [-0.25, -0.2) is 0 Å². The summed E-state index contributed by atoms with van der Waals surface area (Å²) in [5.74, 6) is 0.900. The molecule has 0 unspecified atom stereocenters. The second-order valence-electron chi connectivity index (χ2n) is 7.64. The van der Waals surface area contributed by atoms with Gasteiger partial charge in [-0.3, -0.25) is 9.59 Å². The van der Waals surface area contributed by atoms with Gasteiger partial charge in [0.2, 0.25) is 0 Å². The monoisotopic (exact) mass is 494 g/mol. The summed E-state index contributed by atoms with van der Waals surface area (Å²) >= 11 is 3.43. The van der Waals surface area contributed by atoms with Crippen LogP contribution in [0.3, 0.4) is 0 Å². The number of para-hydroxylation sites is 1. The molecule has 1 aliphatic rings. The molecular weight excluding hydrogens is 472 g/mol. The van der Waals surface area contributed by atoms with Gasteiger partial charge in [-0.15, -0.1) is 0 Å². The van der Waals surface area contributed by atoms with E-state index in [9.17, 15) is 9.59 Å². The summed E-state index contributed by atoms with van der Waals surface area (Å²) < 4.78 is 12.3. The minimum absolute atomic E-state index is 0.0150. The maximum Gasteiger partial charge on any atom is 0.265 e. The predicted octanol–water partition coefficient (Wildman–Crippen LogP) is 5.01. The summed E-state index contributed by atoms with van der Waals surface area (Å²) in [5.41, 5.74) is 4.14. The molecule has 7 heteroatoms. The maximum absolute atomic E-state index is 12.6. The highest BCUT2D eigenvalue weighted by atomic mass is 79.9. The highest BCUT2D eigenvalue weighted by molar-refractivity contribution is 9.10. The molecule has 0 radical (unpaired) electrons. The Morgan fingerprint density at radius 1 is 1.09 bits per heavy atom. The van der Waals surface area contributed by atoms with E-state index in [1.54, 1.807) is 23.1 Å². The molecule has 0 fully saturated rings. The number of anilines is 2. The number of carbonyl (C=O) groups is 2. The van der Waals surface area contributed by atoms with Gasteiger partial charge in [0.05, 0.1) is 12.2 Å². The van der Waals surface area contributed by atoms with Gasteiger partial charge in [-0.1, -0.05) is 46.3 Å². The van der Waals surface area contributed by atoms with E-state index in [0.29, 0.717) is 29.4 Å². The highest BCUT2D eigenvalue weighted by Gasteiger charge is 2.26. The number of hydrogen-bond acceptors (Lipinski definition) is 4. The van der Waals surface area contributed by atoms with Crippen LogP contribution in [-0.4, -0.2) is 25.0 Å². The first-order valence-electron chi connectivity index (χ1n) is 10.2. The fourth-order valence-electron chi connectivity index (χ4n) is 3.59. The topological polar surface area (TPSA) is 67.9 Å². The molecule has 4 rings (SSSR count). The number of fused-ring (bicyclic) bond motifs is 1. The lowest BCUT2D eigenvalue weighted by Gasteiger charge is -2.30. The molecule has 0 bridgehead atoms. The molecule has 1 heterocycles. The highest BCUT2D eigenvalue weighted by Crippen LogP contribution is 2.35. The first kappa shape index (κ1) is 21.9. The van der Waals surface area contributed by atoms with Crippen LogP contribution in [0.15, 0.2) is 65.1 Å². The van der Waals surface area contributed by atoms with Crippen molar-refractivity contribution in [2.24, 2.45) is 0 Å². The van der Waals surface area contributed by atoms with Crippen molar-refractivity contribution in [2.75, 3.05) is 23.4 Å². The van der Waals surface area contributed by atoms with Crippen LogP contribution in [0.1, 0.15) is 16.7 Å². The second kappa shape index (κ2) is 9.44. The molecule has 0 atom stereocenters. The van der Waals surface area contributed by atoms with Crippen LogP contribution < -0.4 is 19.7 Å². The summed E-state index contributed by atoms with van der Waals surface area (Å²) in [4.78, 5) is 26.7. The minimum atomic E-state index is -0.282. The lowest BCUT2D eigenvalue weighted by Crippen LogP contribution is -2.38. The Labute approximate surface area is 195 Å². The number of nitrogens with one attached hydrogen (secondary N) is 1. The molecule has 0 spiro atoms. The zero-order valence-electron chi connectivity index (χ0n) is 17.9. The Kier molecular flexibility index (Phi) is 6.46. The summed E-state index contributed by atoms with van der Waals surface area (Å²) in [5, 5.41) is 2.84. The molecule has 1 N–H and O–H groups in total. The van der Waals surface area contributed by atoms with Crippen LogP contribution >= 0.6 is 15.9 Å². The largest absolute Gasteiger partial charge is 0.483 e. The number of halogens is 1. The predicted molar refractivity (Wildman–Crippen MR) is 127 cm³/mol. The normalized spacial score (nSPS) is 12.7. The average molecular weight is 495 g/mol. The van der Waals surface area contributed by atoms with Gasteiger partial charge in [0.25, 0.3) is 11.8 Å². The number of nitrogens with zero attached hydrogens (tertiary/aromatic N) is 1. The van der Waals surface area contributed by atoms with E-state index in [0.717, 1.165) is 21.2 Å².